The first-order chi connectivity index (χ1) is 13.9. The van der Waals surface area contributed by atoms with Crippen molar-refractivity contribution in [2.75, 3.05) is 5.32 Å². The number of carbonyl (C=O) groups is 2. The Bertz CT molecular complexity index is 878. The van der Waals surface area contributed by atoms with Crippen LogP contribution in [0.15, 0.2) is 22.7 Å². The van der Waals surface area contributed by atoms with Crippen molar-refractivity contribution in [3.05, 3.63) is 40.8 Å². The quantitative estimate of drug-likeness (QED) is 0.682. The summed E-state index contributed by atoms with van der Waals surface area (Å²) in [5.41, 5.74) is -0.604. The number of hydrogen-bond donors (Lipinski definition) is 2. The van der Waals surface area contributed by atoms with Crippen LogP contribution in [0.4, 0.5) is 10.1 Å². The van der Waals surface area contributed by atoms with Gasteiger partial charge in [-0.3, -0.25) is 9.59 Å². The van der Waals surface area contributed by atoms with Gasteiger partial charge in [0, 0.05) is 19.8 Å². The van der Waals surface area contributed by atoms with Crippen LogP contribution in [0.2, 0.25) is 5.02 Å². The molecule has 0 atom stereocenters. The molecular formula is C20H24ClFN4O3. The summed E-state index contributed by atoms with van der Waals surface area (Å²) in [4.78, 5) is 28.3. The Labute approximate surface area is 173 Å². The highest BCUT2D eigenvalue weighted by atomic mass is 35.5. The standard InChI is InChI=1S/C20H24ClFN4O3/c1-13(27)25-20(11-4-2-3-5-12-20)19-24-17(29-26-19)10-9-16(28)23-15-8-6-7-14(21)18(15)22/h6-8H,2-5,9-12H2,1H3,(H,23,28)(H,25,27). The van der Waals surface area contributed by atoms with Crippen molar-refractivity contribution in [1.29, 1.82) is 0 Å². The molecule has 0 unspecified atom stereocenters. The van der Waals surface area contributed by atoms with Crippen LogP contribution in [0.1, 0.15) is 63.6 Å². The van der Waals surface area contributed by atoms with E-state index < -0.39 is 17.3 Å². The van der Waals surface area contributed by atoms with E-state index in [1.807, 2.05) is 0 Å². The fourth-order valence-electron chi connectivity index (χ4n) is 3.66. The van der Waals surface area contributed by atoms with Crippen molar-refractivity contribution < 1.29 is 18.5 Å². The average molecular weight is 423 g/mol. The Morgan fingerprint density at radius 3 is 2.66 bits per heavy atom. The van der Waals surface area contributed by atoms with E-state index in [0.29, 0.717) is 11.7 Å². The maximum absolute atomic E-state index is 13.9. The van der Waals surface area contributed by atoms with Gasteiger partial charge in [-0.15, -0.1) is 0 Å². The molecule has 2 aromatic rings. The van der Waals surface area contributed by atoms with E-state index in [1.165, 1.54) is 19.1 Å². The molecule has 1 aromatic heterocycles. The molecule has 1 aliphatic rings. The van der Waals surface area contributed by atoms with Gasteiger partial charge in [0.2, 0.25) is 17.7 Å². The normalized spacial score (nSPS) is 16.1. The Kier molecular flexibility index (Phi) is 6.84. The molecule has 156 valence electrons. The molecule has 1 aromatic carbocycles. The number of nitrogens with zero attached hydrogens (tertiary/aromatic N) is 2. The first kappa shape index (κ1) is 21.2. The summed E-state index contributed by atoms with van der Waals surface area (Å²) in [6.45, 7) is 1.48. The van der Waals surface area contributed by atoms with Gasteiger partial charge in [-0.05, 0) is 25.0 Å². The predicted molar refractivity (Wildman–Crippen MR) is 106 cm³/mol. The molecule has 2 amide bonds. The van der Waals surface area contributed by atoms with Gasteiger partial charge >= 0.3 is 0 Å². The van der Waals surface area contributed by atoms with E-state index in [1.54, 1.807) is 6.07 Å². The number of benzene rings is 1. The zero-order valence-electron chi connectivity index (χ0n) is 16.3. The third-order valence-electron chi connectivity index (χ3n) is 5.06. The summed E-state index contributed by atoms with van der Waals surface area (Å²) in [5, 5.41) is 9.53. The molecule has 0 bridgehead atoms. The Morgan fingerprint density at radius 1 is 1.24 bits per heavy atom. The van der Waals surface area contributed by atoms with Crippen molar-refractivity contribution in [3.8, 4) is 0 Å². The van der Waals surface area contributed by atoms with E-state index in [9.17, 15) is 14.0 Å². The van der Waals surface area contributed by atoms with Gasteiger partial charge in [-0.2, -0.15) is 4.98 Å². The summed E-state index contributed by atoms with van der Waals surface area (Å²) in [6.07, 6.45) is 5.89. The number of aryl methyl sites for hydroxylation is 1. The minimum Gasteiger partial charge on any atom is -0.343 e. The maximum Gasteiger partial charge on any atom is 0.227 e. The summed E-state index contributed by atoms with van der Waals surface area (Å²) in [5.74, 6) is -0.451. The molecule has 1 fully saturated rings. The Hall–Kier alpha value is -2.48. The first-order valence-corrected chi connectivity index (χ1v) is 10.1. The number of nitrogens with one attached hydrogen (secondary N) is 2. The number of carbonyl (C=O) groups excluding carboxylic acids is 2. The first-order valence-electron chi connectivity index (χ1n) is 9.75. The van der Waals surface area contributed by atoms with E-state index in [4.69, 9.17) is 16.1 Å². The summed E-state index contributed by atoms with van der Waals surface area (Å²) in [6, 6.07) is 4.40. The van der Waals surface area contributed by atoms with Crippen molar-refractivity contribution in [2.24, 2.45) is 0 Å². The van der Waals surface area contributed by atoms with Crippen LogP contribution in [0.25, 0.3) is 0 Å². The monoisotopic (exact) mass is 422 g/mol. The highest BCUT2D eigenvalue weighted by molar-refractivity contribution is 6.31. The second-order valence-corrected chi connectivity index (χ2v) is 7.75. The lowest BCUT2D eigenvalue weighted by molar-refractivity contribution is -0.121. The molecular weight excluding hydrogens is 399 g/mol. The zero-order chi connectivity index (χ0) is 20.9. The van der Waals surface area contributed by atoms with Gasteiger partial charge in [0.1, 0.15) is 5.54 Å². The van der Waals surface area contributed by atoms with Crippen molar-refractivity contribution >= 4 is 29.1 Å². The number of hydrogen-bond acceptors (Lipinski definition) is 5. The molecule has 0 spiro atoms. The van der Waals surface area contributed by atoms with E-state index >= 15 is 0 Å². The van der Waals surface area contributed by atoms with Crippen LogP contribution in [-0.2, 0) is 21.5 Å². The van der Waals surface area contributed by atoms with Gasteiger partial charge in [0.25, 0.3) is 0 Å². The van der Waals surface area contributed by atoms with Crippen LogP contribution in [-0.4, -0.2) is 22.0 Å². The van der Waals surface area contributed by atoms with Crippen molar-refractivity contribution in [1.82, 2.24) is 15.5 Å². The summed E-state index contributed by atoms with van der Waals surface area (Å²) in [7, 11) is 0. The minimum absolute atomic E-state index is 0.0248. The second kappa shape index (κ2) is 9.35. The topological polar surface area (TPSA) is 97.1 Å². The average Bonchev–Trinajstić information content (AvgIpc) is 3.04. The second-order valence-electron chi connectivity index (χ2n) is 7.34. The lowest BCUT2D eigenvalue weighted by Crippen LogP contribution is -2.45. The lowest BCUT2D eigenvalue weighted by atomic mass is 9.89. The van der Waals surface area contributed by atoms with Gasteiger partial charge in [-0.25, -0.2) is 4.39 Å². The molecule has 0 radical (unpaired) electrons. The third-order valence-corrected chi connectivity index (χ3v) is 5.35. The lowest BCUT2D eigenvalue weighted by Gasteiger charge is -2.30. The summed E-state index contributed by atoms with van der Waals surface area (Å²) < 4.78 is 19.2. The molecule has 2 N–H and O–H groups in total. The Morgan fingerprint density at radius 2 is 1.97 bits per heavy atom. The van der Waals surface area contributed by atoms with E-state index in [-0.39, 0.29) is 29.5 Å². The van der Waals surface area contributed by atoms with Crippen LogP contribution >= 0.6 is 11.6 Å². The Balaban J connectivity index is 1.65. The van der Waals surface area contributed by atoms with Crippen LogP contribution in [0, 0.1) is 5.82 Å². The van der Waals surface area contributed by atoms with Gasteiger partial charge < -0.3 is 15.2 Å². The van der Waals surface area contributed by atoms with Crippen molar-refractivity contribution in [2.45, 2.75) is 63.8 Å². The molecule has 3 rings (SSSR count). The highest BCUT2D eigenvalue weighted by Crippen LogP contribution is 2.34. The SMILES string of the molecule is CC(=O)NC1(c2noc(CCC(=O)Nc3cccc(Cl)c3F)n2)CCCCCC1. The smallest absolute Gasteiger partial charge is 0.227 e. The number of aromatic nitrogens is 2. The number of amides is 2. The maximum atomic E-state index is 13.9. The molecule has 1 heterocycles. The number of anilines is 1. The third kappa shape index (κ3) is 5.32. The van der Waals surface area contributed by atoms with Gasteiger partial charge in [-0.1, -0.05) is 48.5 Å². The van der Waals surface area contributed by atoms with Crippen LogP contribution in [0.3, 0.4) is 0 Å². The minimum atomic E-state index is -0.673. The fraction of sp³-hybridized carbons (Fsp3) is 0.500. The molecule has 1 aliphatic carbocycles. The molecule has 7 nitrogen and oxygen atoms in total. The van der Waals surface area contributed by atoms with Gasteiger partial charge in [0.05, 0.1) is 10.7 Å². The zero-order valence-corrected chi connectivity index (χ0v) is 17.0. The van der Waals surface area contributed by atoms with E-state index in [2.05, 4.69) is 20.8 Å². The molecule has 9 heteroatoms. The predicted octanol–water partition coefficient (Wildman–Crippen LogP) is 4.12. The van der Waals surface area contributed by atoms with Crippen molar-refractivity contribution in [3.63, 3.8) is 0 Å². The summed E-state index contributed by atoms with van der Waals surface area (Å²) >= 11 is 5.72. The number of halogens is 2. The fourth-order valence-corrected chi connectivity index (χ4v) is 3.83. The number of rotatable bonds is 6. The molecule has 29 heavy (non-hydrogen) atoms. The van der Waals surface area contributed by atoms with Gasteiger partial charge in [0.15, 0.2) is 11.6 Å². The van der Waals surface area contributed by atoms with Crippen LogP contribution < -0.4 is 10.6 Å². The molecule has 0 aliphatic heterocycles. The molecule has 0 saturated heterocycles. The largest absolute Gasteiger partial charge is 0.343 e. The highest BCUT2D eigenvalue weighted by Gasteiger charge is 2.38. The molecule has 1 saturated carbocycles. The van der Waals surface area contributed by atoms with E-state index in [0.717, 1.165) is 38.5 Å². The van der Waals surface area contributed by atoms with Crippen LogP contribution in [0.5, 0.6) is 0 Å².